The predicted molar refractivity (Wildman–Crippen MR) is 153 cm³/mol. The van der Waals surface area contributed by atoms with Crippen LogP contribution in [0.15, 0.2) is 77.7 Å². The summed E-state index contributed by atoms with van der Waals surface area (Å²) in [5.41, 5.74) is 4.12. The van der Waals surface area contributed by atoms with Gasteiger partial charge in [0, 0.05) is 48.0 Å². The van der Waals surface area contributed by atoms with Crippen LogP contribution >= 0.6 is 0 Å². The number of benzene rings is 2. The van der Waals surface area contributed by atoms with Gasteiger partial charge in [-0.2, -0.15) is 18.3 Å². The van der Waals surface area contributed by atoms with Gasteiger partial charge in [-0.25, -0.2) is 4.68 Å². The zero-order valence-electron chi connectivity index (χ0n) is 23.0. The van der Waals surface area contributed by atoms with Crippen molar-refractivity contribution in [3.63, 3.8) is 0 Å². The van der Waals surface area contributed by atoms with E-state index in [1.54, 1.807) is 59.0 Å². The molecule has 0 saturated carbocycles. The predicted octanol–water partition coefficient (Wildman–Crippen LogP) is 6.13. The van der Waals surface area contributed by atoms with Crippen molar-refractivity contribution in [2.75, 3.05) is 17.2 Å². The van der Waals surface area contributed by atoms with Crippen LogP contribution in [0.2, 0.25) is 0 Å². The molecule has 2 heterocycles. The fraction of sp³-hybridized carbons (Fsp3) is 0.207. The summed E-state index contributed by atoms with van der Waals surface area (Å²) in [4.78, 5) is 16.8. The summed E-state index contributed by atoms with van der Waals surface area (Å²) in [6.07, 6.45) is 3.81. The quantitative estimate of drug-likeness (QED) is 0.189. The van der Waals surface area contributed by atoms with Crippen LogP contribution in [0.4, 0.5) is 24.5 Å². The highest BCUT2D eigenvalue weighted by atomic mass is 19.4. The highest BCUT2D eigenvalue weighted by molar-refractivity contribution is 6.05. The third kappa shape index (κ3) is 6.78. The molecule has 2 N–H and O–H groups in total. The lowest BCUT2D eigenvalue weighted by Crippen LogP contribution is -2.15. The van der Waals surface area contributed by atoms with Crippen LogP contribution in [0.3, 0.4) is 0 Å². The number of hydrogen-bond acceptors (Lipinski definition) is 6. The first-order chi connectivity index (χ1) is 19.5. The van der Waals surface area contributed by atoms with Crippen LogP contribution in [-0.4, -0.2) is 43.9 Å². The molecule has 0 aliphatic rings. The van der Waals surface area contributed by atoms with Gasteiger partial charge in [0.05, 0.1) is 23.6 Å². The molecule has 0 unspecified atom stereocenters. The number of rotatable bonds is 9. The average Bonchev–Trinajstić information content (AvgIpc) is 3.55. The van der Waals surface area contributed by atoms with E-state index in [1.807, 2.05) is 20.9 Å². The Kier molecular flexibility index (Phi) is 8.51. The molecule has 2 aromatic heterocycles. The van der Waals surface area contributed by atoms with E-state index in [4.69, 9.17) is 0 Å². The summed E-state index contributed by atoms with van der Waals surface area (Å²) in [5, 5.41) is 18.3. The van der Waals surface area contributed by atoms with E-state index in [0.29, 0.717) is 11.4 Å². The number of alkyl halides is 3. The van der Waals surface area contributed by atoms with Gasteiger partial charge in [-0.3, -0.25) is 14.5 Å². The van der Waals surface area contributed by atoms with Gasteiger partial charge in [0.25, 0.3) is 5.91 Å². The maximum absolute atomic E-state index is 13.7. The molecule has 4 aromatic rings. The molecule has 0 bridgehead atoms. The van der Waals surface area contributed by atoms with Gasteiger partial charge in [0.1, 0.15) is 5.69 Å². The number of carbonyl (C=O) groups is 1. The molecular weight excluding hydrogens is 533 g/mol. The lowest BCUT2D eigenvalue weighted by molar-refractivity contribution is -0.137. The molecule has 0 aliphatic heterocycles. The van der Waals surface area contributed by atoms with Crippen LogP contribution in [0, 0.1) is 13.8 Å². The van der Waals surface area contributed by atoms with Gasteiger partial charge in [-0.15, -0.1) is 5.10 Å². The smallest absolute Gasteiger partial charge is 0.381 e. The summed E-state index contributed by atoms with van der Waals surface area (Å²) in [5.74, 6) is -0.575. The van der Waals surface area contributed by atoms with Gasteiger partial charge in [0.15, 0.2) is 0 Å². The Morgan fingerprint density at radius 1 is 1.15 bits per heavy atom. The van der Waals surface area contributed by atoms with E-state index in [-0.39, 0.29) is 23.5 Å². The molecule has 0 spiro atoms. The van der Waals surface area contributed by atoms with Crippen LogP contribution in [-0.2, 0) is 13.2 Å². The fourth-order valence-corrected chi connectivity index (χ4v) is 4.03. The molecule has 1 amide bonds. The topological polar surface area (TPSA) is 102 Å². The van der Waals surface area contributed by atoms with E-state index in [1.165, 1.54) is 12.3 Å². The molecule has 0 aliphatic carbocycles. The van der Waals surface area contributed by atoms with Gasteiger partial charge in [-0.1, -0.05) is 17.4 Å². The number of nitrogens with zero attached hydrogens (tertiary/aromatic N) is 6. The second kappa shape index (κ2) is 12.0. The van der Waals surface area contributed by atoms with E-state index < -0.39 is 17.6 Å². The fourth-order valence-electron chi connectivity index (χ4n) is 4.03. The molecule has 0 atom stereocenters. The van der Waals surface area contributed by atoms with E-state index >= 15 is 0 Å². The Labute approximate surface area is 235 Å². The summed E-state index contributed by atoms with van der Waals surface area (Å²) >= 11 is 0. The Morgan fingerprint density at radius 3 is 2.56 bits per heavy atom. The Morgan fingerprint density at radius 2 is 1.90 bits per heavy atom. The largest absolute Gasteiger partial charge is 0.416 e. The van der Waals surface area contributed by atoms with E-state index in [2.05, 4.69) is 37.8 Å². The summed E-state index contributed by atoms with van der Waals surface area (Å²) in [6.45, 7) is 9.20. The third-order valence-electron chi connectivity index (χ3n) is 6.50. The number of aromatic nitrogens is 5. The molecule has 9 nitrogen and oxygen atoms in total. The molecule has 0 fully saturated rings. The normalized spacial score (nSPS) is 12.1. The maximum atomic E-state index is 13.7. The first-order valence-electron chi connectivity index (χ1n) is 12.6. The minimum absolute atomic E-state index is 0.00475. The number of allylic oxidation sites excluding steroid dienone is 1. The minimum Gasteiger partial charge on any atom is -0.381 e. The average molecular weight is 563 g/mol. The number of aliphatic imine (C=N–C) groups is 1. The first kappa shape index (κ1) is 29.0. The molecule has 0 saturated heterocycles. The second-order valence-electron chi connectivity index (χ2n) is 9.28. The highest BCUT2D eigenvalue weighted by Gasteiger charge is 2.31. The van der Waals surface area contributed by atoms with Crippen LogP contribution < -0.4 is 10.6 Å². The van der Waals surface area contributed by atoms with Gasteiger partial charge >= 0.3 is 6.18 Å². The van der Waals surface area contributed by atoms with E-state index in [0.717, 1.165) is 34.5 Å². The summed E-state index contributed by atoms with van der Waals surface area (Å²) in [6, 6.07) is 8.30. The molecule has 12 heteroatoms. The Hall–Kier alpha value is -5.00. The molecule has 212 valence electrons. The van der Waals surface area contributed by atoms with Crippen molar-refractivity contribution in [2.45, 2.75) is 26.9 Å². The first-order valence-corrected chi connectivity index (χ1v) is 12.6. The summed E-state index contributed by atoms with van der Waals surface area (Å²) in [7, 11) is 1.83. The van der Waals surface area contributed by atoms with Crippen molar-refractivity contribution in [1.82, 2.24) is 24.8 Å². The molecule has 4 rings (SSSR count). The Bertz CT molecular complexity index is 1650. The lowest BCUT2D eigenvalue weighted by Gasteiger charge is -2.15. The van der Waals surface area contributed by atoms with Crippen molar-refractivity contribution < 1.29 is 18.0 Å². The SMILES string of the molecule is C=N/C=C\C(=C/C)CNc1cc(NC(=O)c2ccc(C)c(-n3cc(-c4cnn(C)c4C)nn3)c2)cc(C(F)(F)F)c1. The maximum Gasteiger partial charge on any atom is 0.416 e. The van der Waals surface area contributed by atoms with Crippen molar-refractivity contribution >= 4 is 24.0 Å². The lowest BCUT2D eigenvalue weighted by atomic mass is 10.1. The molecule has 2 aromatic carbocycles. The van der Waals surface area contributed by atoms with Crippen LogP contribution in [0.1, 0.15) is 34.1 Å². The second-order valence-corrected chi connectivity index (χ2v) is 9.28. The number of nitrogens with one attached hydrogen (secondary N) is 2. The number of aryl methyl sites for hydroxylation is 2. The minimum atomic E-state index is -4.61. The van der Waals surface area contributed by atoms with E-state index in [9.17, 15) is 18.0 Å². The number of anilines is 2. The zero-order valence-corrected chi connectivity index (χ0v) is 23.0. The number of amides is 1. The van der Waals surface area contributed by atoms with Crippen molar-refractivity contribution in [2.24, 2.45) is 12.0 Å². The van der Waals surface area contributed by atoms with Crippen LogP contribution in [0.25, 0.3) is 16.9 Å². The molecule has 0 radical (unpaired) electrons. The third-order valence-corrected chi connectivity index (χ3v) is 6.50. The number of halogens is 3. The van der Waals surface area contributed by atoms with Crippen LogP contribution in [0.5, 0.6) is 0 Å². The van der Waals surface area contributed by atoms with Gasteiger partial charge in [0.2, 0.25) is 0 Å². The van der Waals surface area contributed by atoms with Gasteiger partial charge < -0.3 is 10.6 Å². The van der Waals surface area contributed by atoms with Gasteiger partial charge in [-0.05, 0) is 75.0 Å². The zero-order chi connectivity index (χ0) is 29.7. The molecular formula is C29H29F3N8O. The van der Waals surface area contributed by atoms with Crippen molar-refractivity contribution in [1.29, 1.82) is 0 Å². The highest BCUT2D eigenvalue weighted by Crippen LogP contribution is 2.34. The molecule has 41 heavy (non-hydrogen) atoms. The number of carbonyl (C=O) groups excluding carboxylic acids is 1. The Balaban J connectivity index is 1.59. The van der Waals surface area contributed by atoms with Crippen molar-refractivity contribution in [3.8, 4) is 16.9 Å². The summed E-state index contributed by atoms with van der Waals surface area (Å²) < 4.78 is 44.3. The monoisotopic (exact) mass is 562 g/mol. The number of hydrogen-bond donors (Lipinski definition) is 2. The van der Waals surface area contributed by atoms with Crippen molar-refractivity contribution in [3.05, 3.63) is 95.1 Å². The standard InChI is InChI=1S/C29H29F3N8O/c1-6-20(9-10-33-4)15-34-23-12-22(29(30,31)32)13-24(14-23)36-28(41)21-8-7-18(2)27(11-21)40-17-26(37-38-40)25-16-35-39(5)19(25)3/h6-14,16-17,34H,4,15H2,1-3,5H3,(H,36,41)/b10-9-,20-6+.